The van der Waals surface area contributed by atoms with Crippen LogP contribution in [0.3, 0.4) is 0 Å². The van der Waals surface area contributed by atoms with E-state index in [1.165, 1.54) is 7.11 Å². The number of esters is 1. The first-order valence-corrected chi connectivity index (χ1v) is 10.7. The number of thiophene rings is 1. The number of hydrogen-bond donors (Lipinski definition) is 0. The standard InChI is InChI=1S/C24H27NO3S/c1-24(2,23(26)27-3)13-7-8-14-28-22-17-19(18-10-5-4-6-11-18)16-20(25-22)21-12-9-15-29-21/h4-6,9-12,15-17H,7-8,13-14H2,1-3H3. The first-order chi connectivity index (χ1) is 14.0. The van der Waals surface area contributed by atoms with Gasteiger partial charge >= 0.3 is 5.97 Å². The molecule has 0 aliphatic rings. The smallest absolute Gasteiger partial charge is 0.311 e. The average Bonchev–Trinajstić information content (AvgIpc) is 3.28. The van der Waals surface area contributed by atoms with Crippen molar-refractivity contribution >= 4 is 17.3 Å². The van der Waals surface area contributed by atoms with E-state index < -0.39 is 5.41 Å². The van der Waals surface area contributed by atoms with Gasteiger partial charge in [-0.05, 0) is 61.7 Å². The Morgan fingerprint density at radius 1 is 1.03 bits per heavy atom. The minimum Gasteiger partial charge on any atom is -0.478 e. The quantitative estimate of drug-likeness (QED) is 0.311. The van der Waals surface area contributed by atoms with Crippen molar-refractivity contribution in [3.63, 3.8) is 0 Å². The van der Waals surface area contributed by atoms with Crippen molar-refractivity contribution < 1.29 is 14.3 Å². The number of carbonyl (C=O) groups is 1. The number of nitrogens with zero attached hydrogens (tertiary/aromatic N) is 1. The number of carbonyl (C=O) groups excluding carboxylic acids is 1. The van der Waals surface area contributed by atoms with Gasteiger partial charge in [0.25, 0.3) is 0 Å². The fraction of sp³-hybridized carbons (Fsp3) is 0.333. The van der Waals surface area contributed by atoms with Gasteiger partial charge in [0.05, 0.1) is 29.7 Å². The van der Waals surface area contributed by atoms with Crippen LogP contribution >= 0.6 is 11.3 Å². The molecule has 0 saturated carbocycles. The molecular formula is C24H27NO3S. The van der Waals surface area contributed by atoms with Gasteiger partial charge in [0.1, 0.15) is 0 Å². The Hall–Kier alpha value is -2.66. The lowest BCUT2D eigenvalue weighted by molar-refractivity contribution is -0.151. The maximum Gasteiger partial charge on any atom is 0.311 e. The van der Waals surface area contributed by atoms with Crippen molar-refractivity contribution in [1.82, 2.24) is 4.98 Å². The summed E-state index contributed by atoms with van der Waals surface area (Å²) in [5.41, 5.74) is 2.68. The predicted octanol–water partition coefficient (Wildman–Crippen LogP) is 6.23. The highest BCUT2D eigenvalue weighted by Gasteiger charge is 2.27. The molecule has 2 heterocycles. The molecule has 5 heteroatoms. The molecule has 1 aromatic carbocycles. The lowest BCUT2D eigenvalue weighted by Crippen LogP contribution is -2.25. The van der Waals surface area contributed by atoms with E-state index in [2.05, 4.69) is 29.6 Å². The summed E-state index contributed by atoms with van der Waals surface area (Å²) in [6, 6.07) is 18.4. The van der Waals surface area contributed by atoms with E-state index in [-0.39, 0.29) is 5.97 Å². The highest BCUT2D eigenvalue weighted by molar-refractivity contribution is 7.13. The Morgan fingerprint density at radius 2 is 1.83 bits per heavy atom. The molecule has 0 spiro atoms. The van der Waals surface area contributed by atoms with Gasteiger partial charge in [0.2, 0.25) is 5.88 Å². The number of unbranched alkanes of at least 4 members (excludes halogenated alkanes) is 1. The third kappa shape index (κ3) is 5.67. The van der Waals surface area contributed by atoms with E-state index >= 15 is 0 Å². The molecule has 0 aliphatic heterocycles. The summed E-state index contributed by atoms with van der Waals surface area (Å²) in [6.45, 7) is 4.39. The van der Waals surface area contributed by atoms with Crippen LogP contribution < -0.4 is 4.74 Å². The Bertz CT molecular complexity index is 921. The molecule has 0 fully saturated rings. The topological polar surface area (TPSA) is 48.4 Å². The van der Waals surface area contributed by atoms with Crippen molar-refractivity contribution in [2.75, 3.05) is 13.7 Å². The van der Waals surface area contributed by atoms with Gasteiger partial charge < -0.3 is 9.47 Å². The Balaban J connectivity index is 1.67. The number of methoxy groups -OCH3 is 1. The van der Waals surface area contributed by atoms with Crippen LogP contribution in [0.25, 0.3) is 21.7 Å². The number of ether oxygens (including phenoxy) is 2. The van der Waals surface area contributed by atoms with Crippen LogP contribution in [0.4, 0.5) is 0 Å². The Kier molecular flexibility index (Phi) is 7.04. The maximum atomic E-state index is 11.8. The zero-order valence-corrected chi connectivity index (χ0v) is 18.0. The van der Waals surface area contributed by atoms with Gasteiger partial charge in [-0.3, -0.25) is 4.79 Å². The van der Waals surface area contributed by atoms with Crippen LogP contribution in [0.15, 0.2) is 60.0 Å². The molecule has 0 saturated heterocycles. The molecule has 0 atom stereocenters. The molecule has 0 unspecified atom stereocenters. The van der Waals surface area contributed by atoms with E-state index in [4.69, 9.17) is 14.5 Å². The molecule has 29 heavy (non-hydrogen) atoms. The Morgan fingerprint density at radius 3 is 2.52 bits per heavy atom. The van der Waals surface area contributed by atoms with Gasteiger partial charge in [-0.25, -0.2) is 4.98 Å². The van der Waals surface area contributed by atoms with Crippen LogP contribution in [-0.4, -0.2) is 24.7 Å². The SMILES string of the molecule is COC(=O)C(C)(C)CCCCOc1cc(-c2ccccc2)cc(-c2cccs2)n1. The number of pyridine rings is 1. The summed E-state index contributed by atoms with van der Waals surface area (Å²) < 4.78 is 10.9. The monoisotopic (exact) mass is 409 g/mol. The van der Waals surface area contributed by atoms with Crippen LogP contribution in [-0.2, 0) is 9.53 Å². The second-order valence-electron chi connectivity index (χ2n) is 7.60. The normalized spacial score (nSPS) is 11.3. The first kappa shape index (κ1) is 21.1. The fourth-order valence-corrected chi connectivity index (χ4v) is 3.84. The van der Waals surface area contributed by atoms with Crippen LogP contribution in [0.1, 0.15) is 33.1 Å². The third-order valence-electron chi connectivity index (χ3n) is 4.87. The molecule has 0 bridgehead atoms. The van der Waals surface area contributed by atoms with Gasteiger partial charge in [-0.2, -0.15) is 0 Å². The van der Waals surface area contributed by atoms with Crippen molar-refractivity contribution in [3.8, 4) is 27.6 Å². The molecule has 0 amide bonds. The molecule has 3 aromatic rings. The molecule has 152 valence electrons. The first-order valence-electron chi connectivity index (χ1n) is 9.82. The summed E-state index contributed by atoms with van der Waals surface area (Å²) in [7, 11) is 1.43. The van der Waals surface area contributed by atoms with Gasteiger partial charge in [0.15, 0.2) is 0 Å². The van der Waals surface area contributed by atoms with Crippen molar-refractivity contribution in [3.05, 3.63) is 60.0 Å². The summed E-state index contributed by atoms with van der Waals surface area (Å²) in [4.78, 5) is 17.6. The highest BCUT2D eigenvalue weighted by Crippen LogP contribution is 2.31. The number of rotatable bonds is 9. The zero-order chi connectivity index (χ0) is 20.7. The van der Waals surface area contributed by atoms with E-state index in [1.807, 2.05) is 44.2 Å². The Labute approximate surface area is 176 Å². The van der Waals surface area contributed by atoms with E-state index in [0.29, 0.717) is 12.5 Å². The minimum atomic E-state index is -0.466. The molecule has 4 nitrogen and oxygen atoms in total. The van der Waals surface area contributed by atoms with E-state index in [9.17, 15) is 4.79 Å². The summed E-state index contributed by atoms with van der Waals surface area (Å²) in [6.07, 6.45) is 2.51. The molecule has 2 aromatic heterocycles. The summed E-state index contributed by atoms with van der Waals surface area (Å²) in [5.74, 6) is 0.457. The summed E-state index contributed by atoms with van der Waals surface area (Å²) >= 11 is 1.67. The predicted molar refractivity (Wildman–Crippen MR) is 118 cm³/mol. The fourth-order valence-electron chi connectivity index (χ4n) is 3.15. The lowest BCUT2D eigenvalue weighted by atomic mass is 9.87. The third-order valence-corrected chi connectivity index (χ3v) is 5.76. The van der Waals surface area contributed by atoms with Crippen molar-refractivity contribution in [2.24, 2.45) is 5.41 Å². The molecule has 0 N–H and O–H groups in total. The van der Waals surface area contributed by atoms with Crippen molar-refractivity contribution in [1.29, 1.82) is 0 Å². The zero-order valence-electron chi connectivity index (χ0n) is 17.2. The van der Waals surface area contributed by atoms with Gasteiger partial charge in [0, 0.05) is 6.07 Å². The van der Waals surface area contributed by atoms with Crippen LogP contribution in [0.2, 0.25) is 0 Å². The van der Waals surface area contributed by atoms with Crippen LogP contribution in [0.5, 0.6) is 5.88 Å². The largest absolute Gasteiger partial charge is 0.478 e. The maximum absolute atomic E-state index is 11.8. The van der Waals surface area contributed by atoms with E-state index in [0.717, 1.165) is 41.0 Å². The molecular weight excluding hydrogens is 382 g/mol. The van der Waals surface area contributed by atoms with Crippen molar-refractivity contribution in [2.45, 2.75) is 33.1 Å². The van der Waals surface area contributed by atoms with E-state index in [1.54, 1.807) is 11.3 Å². The molecule has 0 radical (unpaired) electrons. The summed E-state index contributed by atoms with van der Waals surface area (Å²) in [5, 5.41) is 2.05. The van der Waals surface area contributed by atoms with Gasteiger partial charge in [-0.15, -0.1) is 11.3 Å². The lowest BCUT2D eigenvalue weighted by Gasteiger charge is -2.21. The number of hydrogen-bond acceptors (Lipinski definition) is 5. The number of aromatic nitrogens is 1. The van der Waals surface area contributed by atoms with Gasteiger partial charge in [-0.1, -0.05) is 36.4 Å². The number of benzene rings is 1. The van der Waals surface area contributed by atoms with Crippen LogP contribution in [0, 0.1) is 5.41 Å². The minimum absolute atomic E-state index is 0.170. The second-order valence-corrected chi connectivity index (χ2v) is 8.55. The second kappa shape index (κ2) is 9.70. The highest BCUT2D eigenvalue weighted by atomic mass is 32.1. The molecule has 3 rings (SSSR count). The average molecular weight is 410 g/mol. The molecule has 0 aliphatic carbocycles.